The molecule has 3 aromatic rings. The third-order valence-electron chi connectivity index (χ3n) is 3.72. The second-order valence-corrected chi connectivity index (χ2v) is 6.82. The SMILES string of the molecule is CCSc1ncc2c(=O)n(CC(=O)NCCc3ccccc3)cnc2n1. The number of carbonyl (C=O) groups excluding carboxylic acids is 1. The first-order chi connectivity index (χ1) is 12.7. The van der Waals surface area contributed by atoms with E-state index in [2.05, 4.69) is 20.3 Å². The Morgan fingerprint density at radius 1 is 1.23 bits per heavy atom. The maximum absolute atomic E-state index is 12.5. The number of nitrogens with one attached hydrogen (secondary N) is 1. The maximum atomic E-state index is 12.5. The molecule has 0 saturated heterocycles. The molecule has 2 heterocycles. The molecule has 0 atom stereocenters. The number of hydrogen-bond donors (Lipinski definition) is 1. The van der Waals surface area contributed by atoms with Crippen LogP contribution in [0.4, 0.5) is 0 Å². The van der Waals surface area contributed by atoms with Crippen LogP contribution in [0, 0.1) is 0 Å². The van der Waals surface area contributed by atoms with Crippen LogP contribution >= 0.6 is 11.8 Å². The van der Waals surface area contributed by atoms with Crippen molar-refractivity contribution in [3.05, 3.63) is 58.8 Å². The van der Waals surface area contributed by atoms with E-state index in [1.807, 2.05) is 37.3 Å². The summed E-state index contributed by atoms with van der Waals surface area (Å²) < 4.78 is 1.27. The summed E-state index contributed by atoms with van der Waals surface area (Å²) in [6.07, 6.45) is 3.57. The predicted octanol–water partition coefficient (Wildman–Crippen LogP) is 1.66. The monoisotopic (exact) mass is 369 g/mol. The molecule has 0 aliphatic heterocycles. The fraction of sp³-hybridized carbons (Fsp3) is 0.278. The second-order valence-electron chi connectivity index (χ2n) is 5.59. The molecular weight excluding hydrogens is 350 g/mol. The Labute approximate surface area is 154 Å². The standard InChI is InChI=1S/C18H19N5O2S/c1-2-26-18-20-10-14-16(22-18)21-12-23(17(14)25)11-15(24)19-9-8-13-6-4-3-5-7-13/h3-7,10,12H,2,8-9,11H2,1H3,(H,19,24). The van der Waals surface area contributed by atoms with Crippen LogP contribution < -0.4 is 10.9 Å². The fourth-order valence-corrected chi connectivity index (χ4v) is 2.99. The van der Waals surface area contributed by atoms with E-state index in [1.165, 1.54) is 28.9 Å². The second kappa shape index (κ2) is 8.57. The van der Waals surface area contributed by atoms with Crippen molar-refractivity contribution < 1.29 is 4.79 Å². The molecule has 0 saturated carbocycles. The summed E-state index contributed by atoms with van der Waals surface area (Å²) >= 11 is 1.48. The topological polar surface area (TPSA) is 89.8 Å². The quantitative estimate of drug-likeness (QED) is 0.503. The average molecular weight is 369 g/mol. The highest BCUT2D eigenvalue weighted by Crippen LogP contribution is 2.13. The van der Waals surface area contributed by atoms with E-state index in [9.17, 15) is 9.59 Å². The molecule has 1 N–H and O–H groups in total. The third-order valence-corrected chi connectivity index (χ3v) is 4.47. The van der Waals surface area contributed by atoms with Gasteiger partial charge in [0.05, 0.1) is 0 Å². The number of hydrogen-bond acceptors (Lipinski definition) is 6. The molecule has 3 rings (SSSR count). The zero-order valence-corrected chi connectivity index (χ0v) is 15.2. The molecule has 7 nitrogen and oxygen atoms in total. The molecule has 26 heavy (non-hydrogen) atoms. The lowest BCUT2D eigenvalue weighted by atomic mass is 10.1. The Morgan fingerprint density at radius 2 is 2.04 bits per heavy atom. The molecule has 0 unspecified atom stereocenters. The molecule has 2 aromatic heterocycles. The van der Waals surface area contributed by atoms with E-state index < -0.39 is 0 Å². The molecule has 134 valence electrons. The molecule has 0 radical (unpaired) electrons. The minimum Gasteiger partial charge on any atom is -0.354 e. The first-order valence-corrected chi connectivity index (χ1v) is 9.31. The van der Waals surface area contributed by atoms with Gasteiger partial charge in [0, 0.05) is 12.7 Å². The average Bonchev–Trinajstić information content (AvgIpc) is 2.65. The maximum Gasteiger partial charge on any atom is 0.264 e. The Balaban J connectivity index is 1.64. The van der Waals surface area contributed by atoms with Crippen molar-refractivity contribution in [2.45, 2.75) is 25.0 Å². The van der Waals surface area contributed by atoms with Crippen molar-refractivity contribution in [2.75, 3.05) is 12.3 Å². The minimum atomic E-state index is -0.318. The molecule has 0 aliphatic carbocycles. The van der Waals surface area contributed by atoms with Gasteiger partial charge in [-0.2, -0.15) is 0 Å². The molecule has 1 amide bonds. The number of amides is 1. The summed E-state index contributed by atoms with van der Waals surface area (Å²) in [6.45, 7) is 2.43. The number of aromatic nitrogens is 4. The van der Waals surface area contributed by atoms with Crippen molar-refractivity contribution in [2.24, 2.45) is 0 Å². The van der Waals surface area contributed by atoms with Crippen LogP contribution in [0.3, 0.4) is 0 Å². The normalized spacial score (nSPS) is 10.8. The van der Waals surface area contributed by atoms with Gasteiger partial charge in [0.2, 0.25) is 5.91 Å². The van der Waals surface area contributed by atoms with Crippen molar-refractivity contribution >= 4 is 28.7 Å². The van der Waals surface area contributed by atoms with Crippen LogP contribution in [0.15, 0.2) is 52.8 Å². The first-order valence-electron chi connectivity index (χ1n) is 8.33. The summed E-state index contributed by atoms with van der Waals surface area (Å²) in [5.41, 5.74) is 1.18. The lowest BCUT2D eigenvalue weighted by Gasteiger charge is -2.08. The Bertz CT molecular complexity index is 959. The van der Waals surface area contributed by atoms with E-state index in [0.717, 1.165) is 17.7 Å². The van der Waals surface area contributed by atoms with Gasteiger partial charge < -0.3 is 5.32 Å². The van der Waals surface area contributed by atoms with E-state index in [1.54, 1.807) is 0 Å². The van der Waals surface area contributed by atoms with Gasteiger partial charge in [-0.15, -0.1) is 0 Å². The summed E-state index contributed by atoms with van der Waals surface area (Å²) in [4.78, 5) is 37.2. The van der Waals surface area contributed by atoms with Gasteiger partial charge in [0.25, 0.3) is 5.56 Å². The van der Waals surface area contributed by atoms with Crippen LogP contribution in [0.2, 0.25) is 0 Å². The Hall–Kier alpha value is -2.74. The predicted molar refractivity (Wildman–Crippen MR) is 101 cm³/mol. The van der Waals surface area contributed by atoms with Crippen LogP contribution in [0.25, 0.3) is 11.0 Å². The summed E-state index contributed by atoms with van der Waals surface area (Å²) in [6, 6.07) is 9.90. The van der Waals surface area contributed by atoms with Crippen molar-refractivity contribution in [1.82, 2.24) is 24.8 Å². The summed E-state index contributed by atoms with van der Waals surface area (Å²) in [7, 11) is 0. The van der Waals surface area contributed by atoms with Crippen molar-refractivity contribution in [3.63, 3.8) is 0 Å². The molecule has 0 fully saturated rings. The van der Waals surface area contributed by atoms with Gasteiger partial charge in [0.15, 0.2) is 10.8 Å². The minimum absolute atomic E-state index is 0.0813. The van der Waals surface area contributed by atoms with E-state index in [0.29, 0.717) is 22.7 Å². The van der Waals surface area contributed by atoms with Gasteiger partial charge in [-0.05, 0) is 17.7 Å². The highest BCUT2D eigenvalue weighted by atomic mass is 32.2. The molecule has 0 aliphatic rings. The molecule has 8 heteroatoms. The molecule has 0 spiro atoms. The number of carbonyl (C=O) groups is 1. The van der Waals surface area contributed by atoms with Crippen molar-refractivity contribution in [3.8, 4) is 0 Å². The van der Waals surface area contributed by atoms with Crippen molar-refractivity contribution in [1.29, 1.82) is 0 Å². The lowest BCUT2D eigenvalue weighted by molar-refractivity contribution is -0.121. The van der Waals surface area contributed by atoms with Gasteiger partial charge in [-0.3, -0.25) is 14.2 Å². The number of benzene rings is 1. The van der Waals surface area contributed by atoms with Crippen LogP contribution in [0.5, 0.6) is 0 Å². The first kappa shape index (κ1) is 18.1. The number of thioether (sulfide) groups is 1. The number of rotatable bonds is 7. The van der Waals surface area contributed by atoms with E-state index in [4.69, 9.17) is 0 Å². The van der Waals surface area contributed by atoms with Gasteiger partial charge in [-0.25, -0.2) is 15.0 Å². The van der Waals surface area contributed by atoms with E-state index in [-0.39, 0.29) is 18.0 Å². The van der Waals surface area contributed by atoms with Crippen LogP contribution in [0.1, 0.15) is 12.5 Å². The summed E-state index contributed by atoms with van der Waals surface area (Å²) in [5.74, 6) is 0.606. The Morgan fingerprint density at radius 3 is 2.81 bits per heavy atom. The molecular formula is C18H19N5O2S. The van der Waals surface area contributed by atoms with Gasteiger partial charge in [0.1, 0.15) is 18.3 Å². The molecule has 0 bridgehead atoms. The van der Waals surface area contributed by atoms with Gasteiger partial charge >= 0.3 is 0 Å². The van der Waals surface area contributed by atoms with Crippen LogP contribution in [-0.4, -0.2) is 37.7 Å². The smallest absolute Gasteiger partial charge is 0.264 e. The zero-order valence-electron chi connectivity index (χ0n) is 14.4. The number of nitrogens with zero attached hydrogens (tertiary/aromatic N) is 4. The van der Waals surface area contributed by atoms with Gasteiger partial charge in [-0.1, -0.05) is 49.0 Å². The lowest BCUT2D eigenvalue weighted by Crippen LogP contribution is -2.33. The summed E-state index contributed by atoms with van der Waals surface area (Å²) in [5, 5.41) is 3.72. The van der Waals surface area contributed by atoms with Crippen LogP contribution in [-0.2, 0) is 17.8 Å². The third kappa shape index (κ3) is 4.45. The number of fused-ring (bicyclic) bond motifs is 1. The van der Waals surface area contributed by atoms with E-state index >= 15 is 0 Å². The highest BCUT2D eigenvalue weighted by molar-refractivity contribution is 7.99. The highest BCUT2D eigenvalue weighted by Gasteiger charge is 2.10. The fourth-order valence-electron chi connectivity index (χ4n) is 2.45. The largest absolute Gasteiger partial charge is 0.354 e. The Kier molecular flexibility index (Phi) is 5.96. The zero-order chi connectivity index (χ0) is 18.4. The molecule has 1 aromatic carbocycles.